The van der Waals surface area contributed by atoms with Crippen molar-refractivity contribution < 1.29 is 9.47 Å². The molecule has 1 aliphatic rings. The van der Waals surface area contributed by atoms with Crippen LogP contribution in [0.15, 0.2) is 4.99 Å². The number of rotatable bonds is 9. The molecular formula is C16H33N3O2. The van der Waals surface area contributed by atoms with Gasteiger partial charge in [0.15, 0.2) is 5.96 Å². The van der Waals surface area contributed by atoms with Crippen LogP contribution in [0.25, 0.3) is 0 Å². The van der Waals surface area contributed by atoms with Gasteiger partial charge >= 0.3 is 0 Å². The van der Waals surface area contributed by atoms with Gasteiger partial charge in [0, 0.05) is 39.5 Å². The molecule has 1 rings (SSSR count). The van der Waals surface area contributed by atoms with Crippen LogP contribution in [-0.4, -0.2) is 51.5 Å². The van der Waals surface area contributed by atoms with Gasteiger partial charge in [0.1, 0.15) is 0 Å². The molecule has 0 atom stereocenters. The first-order valence-corrected chi connectivity index (χ1v) is 8.44. The first-order valence-electron chi connectivity index (χ1n) is 8.44. The van der Waals surface area contributed by atoms with Crippen molar-refractivity contribution in [2.45, 2.75) is 52.6 Å². The van der Waals surface area contributed by atoms with Crippen LogP contribution in [0.5, 0.6) is 0 Å². The van der Waals surface area contributed by atoms with Crippen LogP contribution in [0.3, 0.4) is 0 Å². The van der Waals surface area contributed by atoms with Gasteiger partial charge < -0.3 is 20.1 Å². The Morgan fingerprint density at radius 2 is 2.05 bits per heavy atom. The Kier molecular flexibility index (Phi) is 10.3. The molecule has 1 fully saturated rings. The van der Waals surface area contributed by atoms with Crippen molar-refractivity contribution in [2.75, 3.05) is 39.5 Å². The number of aliphatic imine (C=N–C) groups is 1. The van der Waals surface area contributed by atoms with E-state index in [0.717, 1.165) is 71.1 Å². The van der Waals surface area contributed by atoms with E-state index in [1.54, 1.807) is 0 Å². The zero-order valence-electron chi connectivity index (χ0n) is 14.0. The maximum atomic E-state index is 5.85. The maximum absolute atomic E-state index is 5.85. The third-order valence-electron chi connectivity index (χ3n) is 3.45. The molecule has 124 valence electrons. The Hall–Kier alpha value is -0.810. The van der Waals surface area contributed by atoms with Gasteiger partial charge in [-0.1, -0.05) is 13.8 Å². The summed E-state index contributed by atoms with van der Waals surface area (Å²) < 4.78 is 11.2. The van der Waals surface area contributed by atoms with Gasteiger partial charge in [0.2, 0.25) is 0 Å². The molecule has 0 amide bonds. The molecule has 0 aromatic rings. The normalized spacial score (nSPS) is 17.2. The SMILES string of the molecule is CCNC(=NCCCOC1CCOCC1)NCCC(C)C. The number of nitrogens with one attached hydrogen (secondary N) is 2. The van der Waals surface area contributed by atoms with Gasteiger partial charge in [-0.15, -0.1) is 0 Å². The van der Waals surface area contributed by atoms with Crippen LogP contribution < -0.4 is 10.6 Å². The molecular weight excluding hydrogens is 266 g/mol. The van der Waals surface area contributed by atoms with Crippen molar-refractivity contribution in [1.29, 1.82) is 0 Å². The highest BCUT2D eigenvalue weighted by atomic mass is 16.5. The fraction of sp³-hybridized carbons (Fsp3) is 0.938. The number of ether oxygens (including phenoxy) is 2. The quantitative estimate of drug-likeness (QED) is 0.389. The molecule has 0 spiro atoms. The topological polar surface area (TPSA) is 54.9 Å². The van der Waals surface area contributed by atoms with E-state index in [9.17, 15) is 0 Å². The number of hydrogen-bond acceptors (Lipinski definition) is 3. The van der Waals surface area contributed by atoms with Crippen LogP contribution in [0.2, 0.25) is 0 Å². The van der Waals surface area contributed by atoms with Crippen molar-refractivity contribution in [2.24, 2.45) is 10.9 Å². The van der Waals surface area contributed by atoms with Crippen LogP contribution in [0.1, 0.15) is 46.5 Å². The summed E-state index contributed by atoms with van der Waals surface area (Å²) in [6.07, 6.45) is 4.58. The average Bonchev–Trinajstić information content (AvgIpc) is 2.47. The molecule has 2 N–H and O–H groups in total. The van der Waals surface area contributed by atoms with Gasteiger partial charge in [-0.05, 0) is 38.5 Å². The van der Waals surface area contributed by atoms with E-state index in [1.807, 2.05) is 0 Å². The molecule has 1 heterocycles. The zero-order valence-corrected chi connectivity index (χ0v) is 14.0. The monoisotopic (exact) mass is 299 g/mol. The van der Waals surface area contributed by atoms with Gasteiger partial charge in [-0.25, -0.2) is 0 Å². The highest BCUT2D eigenvalue weighted by Gasteiger charge is 2.13. The van der Waals surface area contributed by atoms with E-state index in [0.29, 0.717) is 12.0 Å². The first-order chi connectivity index (χ1) is 10.2. The second kappa shape index (κ2) is 11.8. The van der Waals surface area contributed by atoms with E-state index < -0.39 is 0 Å². The summed E-state index contributed by atoms with van der Waals surface area (Å²) in [7, 11) is 0. The lowest BCUT2D eigenvalue weighted by Crippen LogP contribution is -2.38. The smallest absolute Gasteiger partial charge is 0.191 e. The molecule has 0 bridgehead atoms. The zero-order chi connectivity index (χ0) is 15.3. The second-order valence-electron chi connectivity index (χ2n) is 5.91. The second-order valence-corrected chi connectivity index (χ2v) is 5.91. The number of guanidine groups is 1. The maximum Gasteiger partial charge on any atom is 0.191 e. The van der Waals surface area contributed by atoms with Crippen molar-refractivity contribution in [3.63, 3.8) is 0 Å². The standard InChI is InChI=1S/C16H33N3O2/c1-4-17-16(19-10-6-14(2)3)18-9-5-11-21-15-7-12-20-13-8-15/h14-15H,4-13H2,1-3H3,(H2,17,18,19). The highest BCUT2D eigenvalue weighted by Crippen LogP contribution is 2.10. The van der Waals surface area contributed by atoms with Crippen molar-refractivity contribution in [3.8, 4) is 0 Å². The van der Waals surface area contributed by atoms with Gasteiger partial charge in [-0.2, -0.15) is 0 Å². The van der Waals surface area contributed by atoms with Gasteiger partial charge in [0.05, 0.1) is 6.10 Å². The largest absolute Gasteiger partial charge is 0.381 e. The van der Waals surface area contributed by atoms with Gasteiger partial charge in [0.25, 0.3) is 0 Å². The predicted molar refractivity (Wildman–Crippen MR) is 87.8 cm³/mol. The molecule has 0 aromatic heterocycles. The fourth-order valence-electron chi connectivity index (χ4n) is 2.17. The van der Waals surface area contributed by atoms with E-state index in [4.69, 9.17) is 9.47 Å². The lowest BCUT2D eigenvalue weighted by molar-refractivity contribution is -0.0318. The minimum atomic E-state index is 0.389. The molecule has 5 heteroatoms. The van der Waals surface area contributed by atoms with E-state index in [-0.39, 0.29) is 0 Å². The van der Waals surface area contributed by atoms with E-state index in [1.165, 1.54) is 0 Å². The summed E-state index contributed by atoms with van der Waals surface area (Å²) >= 11 is 0. The first kappa shape index (κ1) is 18.2. The molecule has 1 saturated heterocycles. The Balaban J connectivity index is 2.11. The summed E-state index contributed by atoms with van der Waals surface area (Å²) in [6.45, 7) is 11.7. The Morgan fingerprint density at radius 1 is 1.29 bits per heavy atom. The highest BCUT2D eigenvalue weighted by molar-refractivity contribution is 5.79. The molecule has 0 saturated carbocycles. The summed E-state index contributed by atoms with van der Waals surface area (Å²) in [5.74, 6) is 1.64. The van der Waals surface area contributed by atoms with E-state index in [2.05, 4.69) is 36.4 Å². The summed E-state index contributed by atoms with van der Waals surface area (Å²) in [5.41, 5.74) is 0. The lowest BCUT2D eigenvalue weighted by atomic mass is 10.1. The molecule has 0 radical (unpaired) electrons. The molecule has 21 heavy (non-hydrogen) atoms. The van der Waals surface area contributed by atoms with Crippen molar-refractivity contribution in [1.82, 2.24) is 10.6 Å². The minimum absolute atomic E-state index is 0.389. The predicted octanol–water partition coefficient (Wildman–Crippen LogP) is 2.17. The Morgan fingerprint density at radius 3 is 2.71 bits per heavy atom. The minimum Gasteiger partial charge on any atom is -0.381 e. The van der Waals surface area contributed by atoms with Gasteiger partial charge in [-0.3, -0.25) is 4.99 Å². The molecule has 5 nitrogen and oxygen atoms in total. The fourth-order valence-corrected chi connectivity index (χ4v) is 2.17. The van der Waals surface area contributed by atoms with Crippen molar-refractivity contribution >= 4 is 5.96 Å². The molecule has 0 aliphatic carbocycles. The molecule has 1 aliphatic heterocycles. The Labute approximate surface area is 129 Å². The summed E-state index contributed by atoms with van der Waals surface area (Å²) in [4.78, 5) is 4.58. The Bertz CT molecular complexity index is 277. The van der Waals surface area contributed by atoms with Crippen LogP contribution >= 0.6 is 0 Å². The molecule has 0 aromatic carbocycles. The third kappa shape index (κ3) is 9.69. The summed E-state index contributed by atoms with van der Waals surface area (Å²) in [6, 6.07) is 0. The lowest BCUT2D eigenvalue weighted by Gasteiger charge is -2.22. The van der Waals surface area contributed by atoms with Crippen LogP contribution in [-0.2, 0) is 9.47 Å². The van der Waals surface area contributed by atoms with E-state index >= 15 is 0 Å². The van der Waals surface area contributed by atoms with Crippen LogP contribution in [0.4, 0.5) is 0 Å². The van der Waals surface area contributed by atoms with Crippen molar-refractivity contribution in [3.05, 3.63) is 0 Å². The number of nitrogens with zero attached hydrogens (tertiary/aromatic N) is 1. The average molecular weight is 299 g/mol. The third-order valence-corrected chi connectivity index (χ3v) is 3.45. The molecule has 0 unspecified atom stereocenters. The summed E-state index contributed by atoms with van der Waals surface area (Å²) in [5, 5.41) is 6.65. The van der Waals surface area contributed by atoms with Crippen LogP contribution in [0, 0.1) is 5.92 Å². The number of hydrogen-bond donors (Lipinski definition) is 2.